The first-order valence-electron chi connectivity index (χ1n) is 16.3. The molecule has 48 heavy (non-hydrogen) atoms. The van der Waals surface area contributed by atoms with E-state index in [0.29, 0.717) is 18.3 Å². The minimum absolute atomic E-state index is 0.0310. The maximum Gasteiger partial charge on any atom is 0.244 e. The summed E-state index contributed by atoms with van der Waals surface area (Å²) in [6.07, 6.45) is 0. The highest BCUT2D eigenvalue weighted by Gasteiger charge is 2.64. The molecule has 2 aliphatic heterocycles. The molecule has 5 nitrogen and oxygen atoms in total. The number of carbonyl (C=O) groups excluding carboxylic acids is 1. The SMILES string of the molecule is CC1(C)S[C@@H]2C(NC(c3ccccc3)(c3ccccc3)c3ccccc3)C(=O)N2C1/C(Cl)=N/Cc1ccc(OCc2ccccc2)cc1. The number of ether oxygens (including phenoxy) is 1. The molecule has 0 aliphatic carbocycles. The highest BCUT2D eigenvalue weighted by molar-refractivity contribution is 8.01. The van der Waals surface area contributed by atoms with Gasteiger partial charge in [-0.25, -0.2) is 0 Å². The minimum Gasteiger partial charge on any atom is -0.489 e. The number of carbonyl (C=O) groups is 1. The van der Waals surface area contributed by atoms with Gasteiger partial charge in [-0.15, -0.1) is 11.8 Å². The van der Waals surface area contributed by atoms with E-state index in [-0.39, 0.29) is 22.1 Å². The number of fused-ring (bicyclic) bond motifs is 1. The first-order valence-corrected chi connectivity index (χ1v) is 17.5. The van der Waals surface area contributed by atoms with Gasteiger partial charge in [-0.3, -0.25) is 15.1 Å². The van der Waals surface area contributed by atoms with Crippen molar-refractivity contribution < 1.29 is 9.53 Å². The summed E-state index contributed by atoms with van der Waals surface area (Å²) in [5.41, 5.74) is 4.62. The van der Waals surface area contributed by atoms with Gasteiger partial charge >= 0.3 is 0 Å². The summed E-state index contributed by atoms with van der Waals surface area (Å²) in [5, 5.41) is 4.26. The van der Waals surface area contributed by atoms with Crippen LogP contribution < -0.4 is 10.1 Å². The fraction of sp³-hybridized carbons (Fsp3) is 0.220. The molecule has 7 rings (SSSR count). The second kappa shape index (κ2) is 13.6. The first-order chi connectivity index (χ1) is 23.4. The number of aliphatic imine (C=N–C) groups is 1. The Labute approximate surface area is 292 Å². The second-order valence-corrected chi connectivity index (χ2v) is 14.9. The number of amides is 1. The Morgan fingerprint density at radius 3 is 1.79 bits per heavy atom. The molecule has 0 saturated carbocycles. The smallest absolute Gasteiger partial charge is 0.244 e. The van der Waals surface area contributed by atoms with Crippen molar-refractivity contribution in [2.24, 2.45) is 4.99 Å². The number of benzene rings is 5. The third-order valence-corrected chi connectivity index (χ3v) is 11.1. The zero-order valence-corrected chi connectivity index (χ0v) is 28.6. The molecule has 2 unspecified atom stereocenters. The lowest BCUT2D eigenvalue weighted by Gasteiger charge is -2.49. The maximum atomic E-state index is 14.2. The van der Waals surface area contributed by atoms with Crippen LogP contribution in [0.15, 0.2) is 151 Å². The molecule has 0 bridgehead atoms. The lowest BCUT2D eigenvalue weighted by molar-refractivity contribution is -0.147. The highest BCUT2D eigenvalue weighted by Crippen LogP contribution is 2.53. The van der Waals surface area contributed by atoms with Gasteiger partial charge in [-0.1, -0.05) is 145 Å². The predicted octanol–water partition coefficient (Wildman–Crippen LogP) is 8.42. The van der Waals surface area contributed by atoms with Gasteiger partial charge in [0.25, 0.3) is 0 Å². The van der Waals surface area contributed by atoms with Gasteiger partial charge < -0.3 is 9.64 Å². The van der Waals surface area contributed by atoms with Crippen LogP contribution in [0.4, 0.5) is 0 Å². The van der Waals surface area contributed by atoms with E-state index in [1.165, 1.54) is 0 Å². The van der Waals surface area contributed by atoms with Crippen LogP contribution >= 0.6 is 23.4 Å². The van der Waals surface area contributed by atoms with Gasteiger partial charge in [0.1, 0.15) is 28.9 Å². The Morgan fingerprint density at radius 2 is 1.27 bits per heavy atom. The van der Waals surface area contributed by atoms with Crippen molar-refractivity contribution in [3.63, 3.8) is 0 Å². The van der Waals surface area contributed by atoms with Crippen LogP contribution in [0.5, 0.6) is 5.75 Å². The lowest BCUT2D eigenvalue weighted by Crippen LogP contribution is -2.72. The van der Waals surface area contributed by atoms with E-state index < -0.39 is 11.6 Å². The largest absolute Gasteiger partial charge is 0.489 e. The standard InChI is InChI=1S/C41H38ClN3O2S/c1-40(2)36(37(42)43-27-29-23-25-34(26-24-29)47-28-30-15-7-3-8-16-30)45-38(46)35(39(45)48-40)44-41(31-17-9-4-10-18-31,32-19-11-5-12-20-32)33-21-13-6-14-22-33/h3-26,35-36,39,44H,27-28H2,1-2H3/b43-37-/t35?,36?,39-/m1/s1. The molecule has 3 atom stereocenters. The molecule has 0 radical (unpaired) electrons. The van der Waals surface area contributed by atoms with Crippen LogP contribution in [0.3, 0.4) is 0 Å². The van der Waals surface area contributed by atoms with Crippen LogP contribution in [0.1, 0.15) is 41.7 Å². The number of rotatable bonds is 11. The molecule has 7 heteroatoms. The van der Waals surface area contributed by atoms with Crippen LogP contribution in [-0.4, -0.2) is 38.2 Å². The lowest BCUT2D eigenvalue weighted by atomic mass is 9.76. The van der Waals surface area contributed by atoms with Crippen LogP contribution in [0.25, 0.3) is 0 Å². The summed E-state index contributed by atoms with van der Waals surface area (Å²) in [6.45, 7) is 5.24. The van der Waals surface area contributed by atoms with Gasteiger partial charge in [0.2, 0.25) is 5.91 Å². The van der Waals surface area contributed by atoms with Gasteiger partial charge in [0.05, 0.1) is 18.1 Å². The average Bonchev–Trinajstić information content (AvgIpc) is 3.39. The summed E-state index contributed by atoms with van der Waals surface area (Å²) >= 11 is 8.78. The molecule has 0 aromatic heterocycles. The third kappa shape index (κ3) is 6.16. The van der Waals surface area contributed by atoms with E-state index in [1.54, 1.807) is 11.8 Å². The Balaban J connectivity index is 1.11. The highest BCUT2D eigenvalue weighted by atomic mass is 35.5. The van der Waals surface area contributed by atoms with Crippen molar-refractivity contribution in [1.29, 1.82) is 0 Å². The first kappa shape index (κ1) is 32.2. The second-order valence-electron chi connectivity index (χ2n) is 12.8. The number of hydrogen-bond donors (Lipinski definition) is 1. The normalized spacial score (nSPS) is 20.2. The molecular formula is C41H38ClN3O2S. The number of nitrogens with one attached hydrogen (secondary N) is 1. The van der Waals surface area contributed by atoms with E-state index in [1.807, 2.05) is 77.7 Å². The number of hydrogen-bond acceptors (Lipinski definition) is 5. The summed E-state index contributed by atoms with van der Waals surface area (Å²) < 4.78 is 5.61. The molecule has 2 saturated heterocycles. The van der Waals surface area contributed by atoms with Gasteiger partial charge in [0, 0.05) is 4.75 Å². The van der Waals surface area contributed by atoms with E-state index in [2.05, 4.69) is 92.0 Å². The number of thioether (sulfide) groups is 1. The number of β-lactam (4-membered cyclic amide) rings is 1. The van der Waals surface area contributed by atoms with E-state index in [4.69, 9.17) is 21.3 Å². The average molecular weight is 672 g/mol. The molecule has 2 aliphatic rings. The molecular weight excluding hydrogens is 634 g/mol. The quantitative estimate of drug-likeness (QED) is 0.0871. The predicted molar refractivity (Wildman–Crippen MR) is 196 cm³/mol. The molecule has 242 valence electrons. The van der Waals surface area contributed by atoms with Crippen LogP contribution in [0.2, 0.25) is 0 Å². The molecule has 2 heterocycles. The molecule has 5 aromatic rings. The van der Waals surface area contributed by atoms with Crippen molar-refractivity contribution in [1.82, 2.24) is 10.2 Å². The third-order valence-electron chi connectivity index (χ3n) is 9.24. The van der Waals surface area contributed by atoms with E-state index >= 15 is 0 Å². The Bertz CT molecular complexity index is 1770. The monoisotopic (exact) mass is 671 g/mol. The van der Waals surface area contributed by atoms with Gasteiger partial charge in [-0.05, 0) is 53.8 Å². The van der Waals surface area contributed by atoms with Gasteiger partial charge in [-0.2, -0.15) is 0 Å². The van der Waals surface area contributed by atoms with Crippen LogP contribution in [-0.2, 0) is 23.5 Å². The van der Waals surface area contributed by atoms with Crippen molar-refractivity contribution >= 4 is 34.4 Å². The van der Waals surface area contributed by atoms with Crippen molar-refractivity contribution in [3.8, 4) is 5.75 Å². The van der Waals surface area contributed by atoms with Crippen molar-refractivity contribution in [2.45, 2.75) is 54.7 Å². The molecule has 0 spiro atoms. The van der Waals surface area contributed by atoms with E-state index in [0.717, 1.165) is 33.6 Å². The van der Waals surface area contributed by atoms with E-state index in [9.17, 15) is 4.79 Å². The van der Waals surface area contributed by atoms with Crippen molar-refractivity contribution in [2.75, 3.05) is 0 Å². The van der Waals surface area contributed by atoms with Crippen molar-refractivity contribution in [3.05, 3.63) is 173 Å². The zero-order chi connectivity index (χ0) is 33.1. The molecule has 2 fully saturated rings. The summed E-state index contributed by atoms with van der Waals surface area (Å²) in [4.78, 5) is 21.0. The van der Waals surface area contributed by atoms with Crippen LogP contribution in [0, 0.1) is 0 Å². The number of halogens is 1. The fourth-order valence-corrected chi connectivity index (χ4v) is 9.00. The minimum atomic E-state index is -0.742. The Morgan fingerprint density at radius 1 is 0.771 bits per heavy atom. The summed E-state index contributed by atoms with van der Waals surface area (Å²) in [7, 11) is 0. The van der Waals surface area contributed by atoms with Gasteiger partial charge in [0.15, 0.2) is 0 Å². The summed E-state index contributed by atoms with van der Waals surface area (Å²) in [5.74, 6) is 0.833. The maximum absolute atomic E-state index is 14.2. The molecule has 1 N–H and O–H groups in total. The fourth-order valence-electron chi connectivity index (χ4n) is 6.86. The molecule has 5 aromatic carbocycles. The summed E-state index contributed by atoms with van der Waals surface area (Å²) in [6, 6.07) is 48.5. The Hall–Kier alpha value is -4.36. The molecule has 1 amide bonds. The topological polar surface area (TPSA) is 53.9 Å². The Kier molecular flexibility index (Phi) is 9.15. The zero-order valence-electron chi connectivity index (χ0n) is 27.0. The number of nitrogens with zero attached hydrogens (tertiary/aromatic N) is 2.